The zero-order valence-electron chi connectivity index (χ0n) is 12.4. The number of carboxylic acid groups (broad SMARTS) is 1. The van der Waals surface area contributed by atoms with Crippen LogP contribution in [0.2, 0.25) is 0 Å². The van der Waals surface area contributed by atoms with Gasteiger partial charge in [-0.3, -0.25) is 4.31 Å². The van der Waals surface area contributed by atoms with E-state index in [2.05, 4.69) is 0 Å². The van der Waals surface area contributed by atoms with Crippen molar-refractivity contribution < 1.29 is 23.1 Å². The maximum Gasteiger partial charge on any atom is 0.335 e. The number of benzene rings is 2. The molecule has 2 aromatic rings. The Morgan fingerprint density at radius 3 is 2.70 bits per heavy atom. The molecule has 1 heterocycles. The van der Waals surface area contributed by atoms with E-state index in [-0.39, 0.29) is 23.6 Å². The monoisotopic (exact) mass is 333 g/mol. The van der Waals surface area contributed by atoms with Gasteiger partial charge in [0.15, 0.2) is 0 Å². The van der Waals surface area contributed by atoms with Crippen LogP contribution in [0.4, 0.5) is 5.69 Å². The third-order valence-corrected chi connectivity index (χ3v) is 5.64. The fraction of sp³-hybridized carbons (Fsp3) is 0.188. The highest BCUT2D eigenvalue weighted by molar-refractivity contribution is 7.92. The number of fused-ring (bicyclic) bond motifs is 1. The van der Waals surface area contributed by atoms with E-state index in [0.717, 1.165) is 0 Å². The van der Waals surface area contributed by atoms with Crippen molar-refractivity contribution in [2.24, 2.45) is 0 Å². The fourth-order valence-corrected chi connectivity index (χ4v) is 4.24. The highest BCUT2D eigenvalue weighted by atomic mass is 32.2. The van der Waals surface area contributed by atoms with Crippen LogP contribution in [0.25, 0.3) is 0 Å². The van der Waals surface area contributed by atoms with Gasteiger partial charge in [-0.15, -0.1) is 0 Å². The summed E-state index contributed by atoms with van der Waals surface area (Å²) in [6, 6.07) is 11.0. The van der Waals surface area contributed by atoms with Gasteiger partial charge >= 0.3 is 5.97 Å². The summed E-state index contributed by atoms with van der Waals surface area (Å²) in [4.78, 5) is 11.1. The molecule has 1 aliphatic rings. The lowest BCUT2D eigenvalue weighted by Crippen LogP contribution is -2.38. The average molecular weight is 333 g/mol. The molecule has 1 N–H and O–H groups in total. The van der Waals surface area contributed by atoms with E-state index < -0.39 is 16.0 Å². The topological polar surface area (TPSA) is 83.9 Å². The Bertz CT molecular complexity index is 876. The van der Waals surface area contributed by atoms with Gasteiger partial charge in [0.05, 0.1) is 22.7 Å². The van der Waals surface area contributed by atoms with Crippen LogP contribution in [-0.2, 0) is 10.0 Å². The lowest BCUT2D eigenvalue weighted by Gasteiger charge is -2.30. The van der Waals surface area contributed by atoms with Crippen molar-refractivity contribution in [2.45, 2.75) is 11.8 Å². The molecule has 0 aromatic heterocycles. The average Bonchev–Trinajstić information content (AvgIpc) is 2.54. The van der Waals surface area contributed by atoms with E-state index in [9.17, 15) is 13.2 Å². The predicted octanol–water partition coefficient (Wildman–Crippen LogP) is 2.28. The quantitative estimate of drug-likeness (QED) is 0.931. The maximum absolute atomic E-state index is 13.0. The SMILES string of the molecule is Cc1ccc(C(=O)O)cc1S(=O)(=O)N1CCOc2ccccc21. The van der Waals surface area contributed by atoms with Crippen molar-refractivity contribution in [3.05, 3.63) is 53.6 Å². The first-order valence-corrected chi connectivity index (χ1v) is 8.44. The van der Waals surface area contributed by atoms with Gasteiger partial charge in [-0.1, -0.05) is 18.2 Å². The molecule has 0 aliphatic carbocycles. The van der Waals surface area contributed by atoms with E-state index in [4.69, 9.17) is 9.84 Å². The van der Waals surface area contributed by atoms with E-state index in [1.54, 1.807) is 31.2 Å². The number of aromatic carboxylic acids is 1. The zero-order valence-corrected chi connectivity index (χ0v) is 13.2. The highest BCUT2D eigenvalue weighted by Crippen LogP contribution is 2.35. The number of hydrogen-bond acceptors (Lipinski definition) is 4. The summed E-state index contributed by atoms with van der Waals surface area (Å²) in [6.07, 6.45) is 0. The fourth-order valence-electron chi connectivity index (χ4n) is 2.52. The Hall–Kier alpha value is -2.54. The highest BCUT2D eigenvalue weighted by Gasteiger charge is 2.31. The minimum Gasteiger partial charge on any atom is -0.489 e. The van der Waals surface area contributed by atoms with Crippen LogP contribution in [0, 0.1) is 6.92 Å². The Balaban J connectivity index is 2.14. The van der Waals surface area contributed by atoms with E-state index in [1.165, 1.54) is 22.5 Å². The third kappa shape index (κ3) is 2.63. The number of sulfonamides is 1. The molecule has 1 aliphatic heterocycles. The zero-order chi connectivity index (χ0) is 16.6. The molecule has 0 amide bonds. The number of rotatable bonds is 3. The number of aryl methyl sites for hydroxylation is 1. The predicted molar refractivity (Wildman–Crippen MR) is 84.6 cm³/mol. The van der Waals surface area contributed by atoms with Crippen LogP contribution < -0.4 is 9.04 Å². The van der Waals surface area contributed by atoms with Crippen LogP contribution in [0.3, 0.4) is 0 Å². The molecular weight excluding hydrogens is 318 g/mol. The Kier molecular flexibility index (Phi) is 3.73. The summed E-state index contributed by atoms with van der Waals surface area (Å²) in [5.41, 5.74) is 0.897. The number of carbonyl (C=O) groups is 1. The first-order valence-electron chi connectivity index (χ1n) is 7.00. The van der Waals surface area contributed by atoms with Gasteiger partial charge in [-0.25, -0.2) is 13.2 Å². The van der Waals surface area contributed by atoms with E-state index in [1.807, 2.05) is 0 Å². The first-order chi connectivity index (χ1) is 10.9. The molecular formula is C16H15NO5S. The van der Waals surface area contributed by atoms with Crippen LogP contribution in [0.15, 0.2) is 47.4 Å². The third-order valence-electron chi connectivity index (χ3n) is 3.69. The lowest BCUT2D eigenvalue weighted by molar-refractivity contribution is 0.0696. The second-order valence-electron chi connectivity index (χ2n) is 5.18. The number of carboxylic acids is 1. The van der Waals surface area contributed by atoms with Gasteiger partial charge in [0, 0.05) is 0 Å². The number of para-hydroxylation sites is 2. The largest absolute Gasteiger partial charge is 0.489 e. The van der Waals surface area contributed by atoms with Crippen molar-refractivity contribution in [3.8, 4) is 5.75 Å². The number of ether oxygens (including phenoxy) is 1. The summed E-state index contributed by atoms with van der Waals surface area (Å²) >= 11 is 0. The van der Waals surface area contributed by atoms with Gasteiger partial charge in [0.2, 0.25) is 0 Å². The van der Waals surface area contributed by atoms with Gasteiger partial charge < -0.3 is 9.84 Å². The summed E-state index contributed by atoms with van der Waals surface area (Å²) in [5.74, 6) is -0.668. The smallest absolute Gasteiger partial charge is 0.335 e. The van der Waals surface area contributed by atoms with Gasteiger partial charge in [0.25, 0.3) is 10.0 Å². The van der Waals surface area contributed by atoms with Crippen molar-refractivity contribution in [2.75, 3.05) is 17.5 Å². The van der Waals surface area contributed by atoms with Gasteiger partial charge in [-0.2, -0.15) is 0 Å². The van der Waals surface area contributed by atoms with Crippen molar-refractivity contribution in [1.82, 2.24) is 0 Å². The van der Waals surface area contributed by atoms with Gasteiger partial charge in [-0.05, 0) is 36.8 Å². The standard InChI is InChI=1S/C16H15NO5S/c1-11-6-7-12(16(18)19)10-15(11)23(20,21)17-8-9-22-14-5-3-2-4-13(14)17/h2-7,10H,8-9H2,1H3,(H,18,19). The molecule has 3 rings (SSSR count). The van der Waals surface area contributed by atoms with E-state index in [0.29, 0.717) is 17.0 Å². The second kappa shape index (κ2) is 5.58. The molecule has 0 unspecified atom stereocenters. The molecule has 0 saturated heterocycles. The van der Waals surface area contributed by atoms with Crippen molar-refractivity contribution in [1.29, 1.82) is 0 Å². The normalized spacial score (nSPS) is 14.0. The summed E-state index contributed by atoms with van der Waals surface area (Å²) in [5, 5.41) is 9.11. The number of hydrogen-bond donors (Lipinski definition) is 1. The summed E-state index contributed by atoms with van der Waals surface area (Å²) < 4.78 is 32.8. The van der Waals surface area contributed by atoms with Crippen molar-refractivity contribution >= 4 is 21.7 Å². The van der Waals surface area contributed by atoms with Gasteiger partial charge in [0.1, 0.15) is 12.4 Å². The second-order valence-corrected chi connectivity index (χ2v) is 7.01. The molecule has 2 aromatic carbocycles. The molecule has 0 spiro atoms. The van der Waals surface area contributed by atoms with Crippen LogP contribution in [0.1, 0.15) is 15.9 Å². The van der Waals surface area contributed by atoms with Crippen LogP contribution in [0.5, 0.6) is 5.75 Å². The molecule has 6 nitrogen and oxygen atoms in total. The molecule has 0 fully saturated rings. The molecule has 0 radical (unpaired) electrons. The molecule has 23 heavy (non-hydrogen) atoms. The Labute approximate surface area is 134 Å². The molecule has 7 heteroatoms. The Morgan fingerprint density at radius 2 is 1.96 bits per heavy atom. The molecule has 0 atom stereocenters. The number of anilines is 1. The van der Waals surface area contributed by atoms with Crippen molar-refractivity contribution in [3.63, 3.8) is 0 Å². The molecule has 0 saturated carbocycles. The molecule has 0 bridgehead atoms. The van der Waals surface area contributed by atoms with E-state index >= 15 is 0 Å². The minimum atomic E-state index is -3.87. The van der Waals surface area contributed by atoms with Crippen LogP contribution in [-0.4, -0.2) is 32.6 Å². The first kappa shape index (κ1) is 15.4. The summed E-state index contributed by atoms with van der Waals surface area (Å²) in [6.45, 7) is 2.06. The molecule has 120 valence electrons. The summed E-state index contributed by atoms with van der Waals surface area (Å²) in [7, 11) is -3.87. The lowest BCUT2D eigenvalue weighted by atomic mass is 10.1. The Morgan fingerprint density at radius 1 is 1.22 bits per heavy atom. The minimum absolute atomic E-state index is 0.00546. The number of nitrogens with zero attached hydrogens (tertiary/aromatic N) is 1. The van der Waals surface area contributed by atoms with Crippen LogP contribution >= 0.6 is 0 Å². The maximum atomic E-state index is 13.0.